The second-order valence-electron chi connectivity index (χ2n) is 7.51. The van der Waals surface area contributed by atoms with Gasteiger partial charge < -0.3 is 15.2 Å². The molecule has 28 heavy (non-hydrogen) atoms. The fourth-order valence-electron chi connectivity index (χ4n) is 3.84. The summed E-state index contributed by atoms with van der Waals surface area (Å²) in [6.07, 6.45) is 1.80. The number of amides is 2. The predicted molar refractivity (Wildman–Crippen MR) is 103 cm³/mol. The van der Waals surface area contributed by atoms with Crippen molar-refractivity contribution in [1.82, 2.24) is 30.3 Å². The molecule has 2 aliphatic rings. The number of fused-ring (bicyclic) bond motifs is 1. The highest BCUT2D eigenvalue weighted by Gasteiger charge is 2.27. The molecule has 8 heteroatoms. The van der Waals surface area contributed by atoms with Crippen LogP contribution in [0.25, 0.3) is 0 Å². The van der Waals surface area contributed by atoms with Crippen LogP contribution in [0.1, 0.15) is 35.6 Å². The molecule has 2 amide bonds. The van der Waals surface area contributed by atoms with Gasteiger partial charge in [-0.1, -0.05) is 24.3 Å². The normalized spacial score (nSPS) is 19.8. The molecule has 1 saturated heterocycles. The van der Waals surface area contributed by atoms with E-state index >= 15 is 0 Å². The first-order chi connectivity index (χ1) is 13.6. The topological polar surface area (TPSA) is 92.2 Å². The summed E-state index contributed by atoms with van der Waals surface area (Å²) < 4.78 is 2.12. The summed E-state index contributed by atoms with van der Waals surface area (Å²) in [6, 6.07) is 8.06. The SMILES string of the molecule is Cc1ccccc1CN1CCc2nnc(CNC(=O)C3CCC(=O)N3)n2CC1. The number of benzene rings is 1. The molecule has 1 unspecified atom stereocenters. The number of aryl methyl sites for hydroxylation is 1. The predicted octanol–water partition coefficient (Wildman–Crippen LogP) is 0.540. The number of nitrogens with zero attached hydrogens (tertiary/aromatic N) is 4. The van der Waals surface area contributed by atoms with Crippen LogP contribution < -0.4 is 10.6 Å². The Bertz CT molecular complexity index is 877. The first kappa shape index (κ1) is 18.6. The minimum absolute atomic E-state index is 0.0646. The van der Waals surface area contributed by atoms with E-state index < -0.39 is 6.04 Å². The molecule has 4 rings (SSSR count). The van der Waals surface area contributed by atoms with Crippen molar-refractivity contribution in [1.29, 1.82) is 0 Å². The Morgan fingerprint density at radius 2 is 2.07 bits per heavy atom. The van der Waals surface area contributed by atoms with Crippen LogP contribution in [0.2, 0.25) is 0 Å². The van der Waals surface area contributed by atoms with Crippen LogP contribution in [0.3, 0.4) is 0 Å². The lowest BCUT2D eigenvalue weighted by Crippen LogP contribution is -2.41. The first-order valence-electron chi connectivity index (χ1n) is 9.85. The van der Waals surface area contributed by atoms with Crippen molar-refractivity contribution in [2.75, 3.05) is 13.1 Å². The van der Waals surface area contributed by atoms with Crippen LogP contribution in [0.15, 0.2) is 24.3 Å². The second kappa shape index (κ2) is 8.10. The van der Waals surface area contributed by atoms with Gasteiger partial charge in [-0.25, -0.2) is 0 Å². The molecule has 0 radical (unpaired) electrons. The minimum atomic E-state index is -0.427. The molecular weight excluding hydrogens is 356 g/mol. The van der Waals surface area contributed by atoms with Gasteiger partial charge in [-0.2, -0.15) is 0 Å². The van der Waals surface area contributed by atoms with E-state index in [1.807, 2.05) is 0 Å². The van der Waals surface area contributed by atoms with Crippen molar-refractivity contribution in [3.05, 3.63) is 47.0 Å². The van der Waals surface area contributed by atoms with Crippen LogP contribution in [0, 0.1) is 6.92 Å². The van der Waals surface area contributed by atoms with E-state index in [4.69, 9.17) is 0 Å². The molecule has 8 nitrogen and oxygen atoms in total. The quantitative estimate of drug-likeness (QED) is 0.788. The molecule has 0 aliphatic carbocycles. The Morgan fingerprint density at radius 3 is 2.86 bits per heavy atom. The molecule has 1 atom stereocenters. The number of carbonyl (C=O) groups excluding carboxylic acids is 2. The number of rotatable bonds is 5. The van der Waals surface area contributed by atoms with Gasteiger partial charge in [-0.05, 0) is 24.5 Å². The Morgan fingerprint density at radius 1 is 1.21 bits per heavy atom. The minimum Gasteiger partial charge on any atom is -0.347 e. The zero-order valence-corrected chi connectivity index (χ0v) is 16.1. The van der Waals surface area contributed by atoms with Gasteiger partial charge in [-0.3, -0.25) is 14.5 Å². The molecule has 1 aromatic carbocycles. The van der Waals surface area contributed by atoms with Gasteiger partial charge in [0.05, 0.1) is 6.54 Å². The van der Waals surface area contributed by atoms with Crippen LogP contribution in [-0.4, -0.2) is 50.6 Å². The molecule has 148 valence electrons. The highest BCUT2D eigenvalue weighted by molar-refractivity contribution is 5.90. The van der Waals surface area contributed by atoms with E-state index in [1.165, 1.54) is 11.1 Å². The largest absolute Gasteiger partial charge is 0.347 e. The highest BCUT2D eigenvalue weighted by Crippen LogP contribution is 2.15. The van der Waals surface area contributed by atoms with Gasteiger partial charge in [0.2, 0.25) is 11.8 Å². The summed E-state index contributed by atoms with van der Waals surface area (Å²) in [5.74, 6) is 1.51. The van der Waals surface area contributed by atoms with E-state index in [0.717, 1.165) is 44.2 Å². The Kier molecular flexibility index (Phi) is 5.38. The average Bonchev–Trinajstić information content (AvgIpc) is 3.24. The summed E-state index contributed by atoms with van der Waals surface area (Å²) in [4.78, 5) is 25.9. The molecule has 3 heterocycles. The molecule has 0 spiro atoms. The highest BCUT2D eigenvalue weighted by atomic mass is 16.2. The first-order valence-corrected chi connectivity index (χ1v) is 9.85. The maximum atomic E-state index is 12.2. The second-order valence-corrected chi connectivity index (χ2v) is 7.51. The number of hydrogen-bond donors (Lipinski definition) is 2. The monoisotopic (exact) mass is 382 g/mol. The van der Waals surface area contributed by atoms with E-state index in [0.29, 0.717) is 19.4 Å². The Hall–Kier alpha value is -2.74. The summed E-state index contributed by atoms with van der Waals surface area (Å²) in [7, 11) is 0. The van der Waals surface area contributed by atoms with Crippen molar-refractivity contribution >= 4 is 11.8 Å². The third-order valence-electron chi connectivity index (χ3n) is 5.58. The zero-order chi connectivity index (χ0) is 19.5. The molecule has 0 saturated carbocycles. The number of aromatic nitrogens is 3. The summed E-state index contributed by atoms with van der Waals surface area (Å²) in [5, 5.41) is 14.2. The van der Waals surface area contributed by atoms with Crippen molar-refractivity contribution in [3.8, 4) is 0 Å². The third-order valence-corrected chi connectivity index (χ3v) is 5.58. The average molecular weight is 382 g/mol. The van der Waals surface area contributed by atoms with Gasteiger partial charge in [0, 0.05) is 39.0 Å². The van der Waals surface area contributed by atoms with Crippen LogP contribution >= 0.6 is 0 Å². The van der Waals surface area contributed by atoms with Crippen molar-refractivity contribution in [2.45, 2.75) is 51.9 Å². The molecule has 1 aromatic heterocycles. The van der Waals surface area contributed by atoms with Crippen LogP contribution in [0.4, 0.5) is 0 Å². The molecular formula is C20H26N6O2. The zero-order valence-electron chi connectivity index (χ0n) is 16.1. The van der Waals surface area contributed by atoms with Gasteiger partial charge in [0.25, 0.3) is 0 Å². The summed E-state index contributed by atoms with van der Waals surface area (Å²) in [5.41, 5.74) is 2.67. The lowest BCUT2D eigenvalue weighted by Gasteiger charge is -2.20. The molecule has 0 bridgehead atoms. The molecule has 2 aromatic rings. The van der Waals surface area contributed by atoms with Gasteiger partial charge >= 0.3 is 0 Å². The van der Waals surface area contributed by atoms with Crippen molar-refractivity contribution < 1.29 is 9.59 Å². The summed E-state index contributed by atoms with van der Waals surface area (Å²) in [6.45, 7) is 6.07. The van der Waals surface area contributed by atoms with Crippen molar-refractivity contribution in [3.63, 3.8) is 0 Å². The lowest BCUT2D eigenvalue weighted by atomic mass is 10.1. The van der Waals surface area contributed by atoms with Gasteiger partial charge in [-0.15, -0.1) is 10.2 Å². The fraction of sp³-hybridized carbons (Fsp3) is 0.500. The third kappa shape index (κ3) is 4.06. The van der Waals surface area contributed by atoms with Gasteiger partial charge in [0.1, 0.15) is 11.9 Å². The van der Waals surface area contributed by atoms with E-state index in [1.54, 1.807) is 0 Å². The maximum absolute atomic E-state index is 12.2. The fourth-order valence-corrected chi connectivity index (χ4v) is 3.84. The number of nitrogens with one attached hydrogen (secondary N) is 2. The van der Waals surface area contributed by atoms with E-state index in [9.17, 15) is 9.59 Å². The smallest absolute Gasteiger partial charge is 0.242 e. The molecule has 2 N–H and O–H groups in total. The molecule has 2 aliphatic heterocycles. The Balaban J connectivity index is 1.35. The van der Waals surface area contributed by atoms with Crippen LogP contribution in [-0.2, 0) is 35.6 Å². The van der Waals surface area contributed by atoms with Crippen LogP contribution in [0.5, 0.6) is 0 Å². The molecule has 1 fully saturated rings. The summed E-state index contributed by atoms with van der Waals surface area (Å²) >= 11 is 0. The van der Waals surface area contributed by atoms with E-state index in [-0.39, 0.29) is 11.8 Å². The number of carbonyl (C=O) groups is 2. The Labute approximate surface area is 164 Å². The van der Waals surface area contributed by atoms with Crippen molar-refractivity contribution in [2.24, 2.45) is 0 Å². The maximum Gasteiger partial charge on any atom is 0.242 e. The standard InChI is InChI=1S/C20H26N6O2/c1-14-4-2-3-5-15(14)13-25-9-8-17-23-24-18(26(17)11-10-25)12-21-20(28)16-6-7-19(27)22-16/h2-5,16H,6-13H2,1H3,(H,21,28)(H,22,27). The number of hydrogen-bond acceptors (Lipinski definition) is 5. The lowest BCUT2D eigenvalue weighted by molar-refractivity contribution is -0.125. The van der Waals surface area contributed by atoms with Gasteiger partial charge in [0.15, 0.2) is 5.82 Å². The van der Waals surface area contributed by atoms with E-state index in [2.05, 4.69) is 61.5 Å².